The quantitative estimate of drug-likeness (QED) is 0.362. The molecule has 196 valence electrons. The Morgan fingerprint density at radius 2 is 2.05 bits per heavy atom. The van der Waals surface area contributed by atoms with Crippen molar-refractivity contribution in [3.8, 4) is 17.6 Å². The normalized spacial score (nSPS) is 13.8. The average Bonchev–Trinajstić information content (AvgIpc) is 3.37. The molecule has 4 aromatic rings. The van der Waals surface area contributed by atoms with Crippen molar-refractivity contribution in [2.75, 3.05) is 18.5 Å². The Hall–Kier alpha value is -4.23. The smallest absolute Gasteiger partial charge is 0.209 e. The van der Waals surface area contributed by atoms with Crippen molar-refractivity contribution in [3.05, 3.63) is 53.5 Å². The van der Waals surface area contributed by atoms with Crippen LogP contribution in [-0.2, 0) is 35.0 Å². The van der Waals surface area contributed by atoms with E-state index < -0.39 is 0 Å². The predicted octanol–water partition coefficient (Wildman–Crippen LogP) is 4.65. The van der Waals surface area contributed by atoms with Gasteiger partial charge in [0.15, 0.2) is 5.82 Å². The van der Waals surface area contributed by atoms with Gasteiger partial charge in [0.2, 0.25) is 5.95 Å². The number of hydrogen-bond acceptors (Lipinski definition) is 8. The number of pyridine rings is 1. The van der Waals surface area contributed by atoms with Crippen molar-refractivity contribution in [2.45, 2.75) is 46.1 Å². The Morgan fingerprint density at radius 3 is 2.71 bits per heavy atom. The number of ether oxygens (including phenoxy) is 2. The van der Waals surface area contributed by atoms with Crippen LogP contribution in [0.3, 0.4) is 0 Å². The molecule has 5 rings (SSSR count). The second-order valence-corrected chi connectivity index (χ2v) is 10.8. The highest BCUT2D eigenvalue weighted by atomic mass is 16.5. The number of nitrogens with zero attached hydrogens (tertiary/aromatic N) is 6. The number of Topliss-reactive ketones (excluding diaryl/α,β-unsaturated/α-hetero) is 1. The second kappa shape index (κ2) is 9.91. The molecule has 4 heterocycles. The maximum absolute atomic E-state index is 11.5. The number of fused-ring (bicyclic) bond motifs is 1. The summed E-state index contributed by atoms with van der Waals surface area (Å²) in [5.74, 6) is 2.65. The molecule has 38 heavy (non-hydrogen) atoms. The summed E-state index contributed by atoms with van der Waals surface area (Å²) in [6.07, 6.45) is 1.81. The lowest BCUT2D eigenvalue weighted by atomic mass is 9.92. The minimum absolute atomic E-state index is 0.0141. The summed E-state index contributed by atoms with van der Waals surface area (Å²) in [7, 11) is 1.85. The number of ketones is 1. The molecule has 1 fully saturated rings. The molecule has 10 nitrogen and oxygen atoms in total. The summed E-state index contributed by atoms with van der Waals surface area (Å²) in [5, 5.41) is 18.2. The summed E-state index contributed by atoms with van der Waals surface area (Å²) in [5.41, 5.74) is 3.32. The molecule has 0 spiro atoms. The van der Waals surface area contributed by atoms with Gasteiger partial charge in [0, 0.05) is 55.4 Å². The van der Waals surface area contributed by atoms with Crippen LogP contribution in [0.15, 0.2) is 36.5 Å². The Kier molecular flexibility index (Phi) is 6.63. The van der Waals surface area contributed by atoms with Crippen LogP contribution >= 0.6 is 0 Å². The summed E-state index contributed by atoms with van der Waals surface area (Å²) in [4.78, 5) is 20.4. The topological polar surface area (TPSA) is 120 Å². The highest BCUT2D eigenvalue weighted by molar-refractivity contribution is 5.87. The van der Waals surface area contributed by atoms with E-state index in [1.54, 1.807) is 24.4 Å². The number of nitriles is 1. The molecule has 1 N–H and O–H groups in total. The molecule has 0 bridgehead atoms. The van der Waals surface area contributed by atoms with E-state index in [4.69, 9.17) is 19.6 Å². The Labute approximate surface area is 221 Å². The van der Waals surface area contributed by atoms with Crippen LogP contribution in [0.25, 0.3) is 11.0 Å². The van der Waals surface area contributed by atoms with Gasteiger partial charge < -0.3 is 19.4 Å². The molecular weight excluding hydrogens is 482 g/mol. The number of hydrogen-bond donors (Lipinski definition) is 1. The van der Waals surface area contributed by atoms with E-state index in [0.29, 0.717) is 51.5 Å². The molecule has 1 aliphatic heterocycles. The number of nitrogens with one attached hydrogen (secondary N) is 1. The third-order valence-corrected chi connectivity index (χ3v) is 6.48. The molecule has 1 saturated heterocycles. The first-order valence-corrected chi connectivity index (χ1v) is 12.6. The summed E-state index contributed by atoms with van der Waals surface area (Å²) < 4.78 is 15.3. The minimum atomic E-state index is -0.0820. The van der Waals surface area contributed by atoms with E-state index in [1.807, 2.05) is 17.7 Å². The van der Waals surface area contributed by atoms with Crippen LogP contribution in [0.4, 0.5) is 11.8 Å². The number of imidazole rings is 1. The number of carbonyl (C=O) groups excluding carboxylic acids is 1. The highest BCUT2D eigenvalue weighted by Gasteiger charge is 2.26. The molecule has 0 unspecified atom stereocenters. The molecule has 3 aromatic heterocycles. The van der Waals surface area contributed by atoms with Gasteiger partial charge >= 0.3 is 0 Å². The Morgan fingerprint density at radius 1 is 1.26 bits per heavy atom. The SMILES string of the molecule is CC(=O)Cc1cc(Oc2ccc3nc(Nc4cc(C(C)(C)C)n(CC5COC5)n4)n(C)c3c2C#N)ccn1. The van der Waals surface area contributed by atoms with Crippen LogP contribution < -0.4 is 10.1 Å². The monoisotopic (exact) mass is 513 g/mol. The van der Waals surface area contributed by atoms with E-state index >= 15 is 0 Å². The van der Waals surface area contributed by atoms with Crippen molar-refractivity contribution in [2.24, 2.45) is 13.0 Å². The molecule has 1 aromatic carbocycles. The lowest BCUT2D eigenvalue weighted by Crippen LogP contribution is -2.33. The van der Waals surface area contributed by atoms with Crippen LogP contribution in [0.1, 0.15) is 44.6 Å². The van der Waals surface area contributed by atoms with Gasteiger partial charge in [-0.1, -0.05) is 20.8 Å². The Bertz CT molecular complexity index is 1550. The highest BCUT2D eigenvalue weighted by Crippen LogP contribution is 2.34. The molecular formula is C28H31N7O3. The standard InChI is InChI=1S/C28H31N7O3/c1-17(36)10-19-11-20(8-9-30-19)38-23-7-6-22-26(21(23)13-29)34(5)27(31-22)32-25-12-24(28(2,3)4)35(33-25)14-18-15-37-16-18/h6-9,11-12,18H,10,14-16H2,1-5H3,(H,31,32,33). The van der Waals surface area contributed by atoms with Gasteiger partial charge in [-0.2, -0.15) is 10.4 Å². The van der Waals surface area contributed by atoms with E-state index in [2.05, 4.69) is 47.9 Å². The van der Waals surface area contributed by atoms with Crippen LogP contribution in [0.2, 0.25) is 0 Å². The fourth-order valence-corrected chi connectivity index (χ4v) is 4.56. The first-order chi connectivity index (χ1) is 18.1. The number of aryl methyl sites for hydroxylation is 1. The van der Waals surface area contributed by atoms with E-state index in [-0.39, 0.29) is 17.6 Å². The van der Waals surface area contributed by atoms with E-state index in [1.165, 1.54) is 6.92 Å². The van der Waals surface area contributed by atoms with Gasteiger partial charge in [0.05, 0.1) is 29.9 Å². The zero-order chi connectivity index (χ0) is 27.0. The van der Waals surface area contributed by atoms with Crippen molar-refractivity contribution in [1.82, 2.24) is 24.3 Å². The van der Waals surface area contributed by atoms with Crippen LogP contribution in [-0.4, -0.2) is 43.3 Å². The third-order valence-electron chi connectivity index (χ3n) is 6.48. The van der Waals surface area contributed by atoms with Gasteiger partial charge in [-0.05, 0) is 25.1 Å². The fourth-order valence-electron chi connectivity index (χ4n) is 4.56. The largest absolute Gasteiger partial charge is 0.456 e. The molecule has 0 amide bonds. The average molecular weight is 514 g/mol. The predicted molar refractivity (Wildman–Crippen MR) is 143 cm³/mol. The van der Waals surface area contributed by atoms with E-state index in [0.717, 1.165) is 25.5 Å². The van der Waals surface area contributed by atoms with Crippen LogP contribution in [0, 0.1) is 17.2 Å². The zero-order valence-corrected chi connectivity index (χ0v) is 22.3. The fraction of sp³-hybridized carbons (Fsp3) is 0.393. The van der Waals surface area contributed by atoms with Crippen LogP contribution in [0.5, 0.6) is 11.5 Å². The molecule has 0 atom stereocenters. The number of carbonyl (C=O) groups is 1. The van der Waals surface area contributed by atoms with Gasteiger partial charge in [0.25, 0.3) is 0 Å². The summed E-state index contributed by atoms with van der Waals surface area (Å²) in [6, 6.07) is 11.3. The molecule has 0 radical (unpaired) electrons. The number of anilines is 2. The molecule has 1 aliphatic rings. The van der Waals surface area contributed by atoms with Crippen molar-refractivity contribution < 1.29 is 14.3 Å². The molecule has 10 heteroatoms. The van der Waals surface area contributed by atoms with Gasteiger partial charge in [-0.3, -0.25) is 14.5 Å². The Balaban J connectivity index is 1.46. The van der Waals surface area contributed by atoms with Crippen molar-refractivity contribution >= 4 is 28.6 Å². The molecule has 0 saturated carbocycles. The summed E-state index contributed by atoms with van der Waals surface area (Å²) >= 11 is 0. The second-order valence-electron chi connectivity index (χ2n) is 10.8. The lowest BCUT2D eigenvalue weighted by molar-refractivity contribution is -0.116. The van der Waals surface area contributed by atoms with Gasteiger partial charge in [-0.25, -0.2) is 4.98 Å². The maximum Gasteiger partial charge on any atom is 0.209 e. The zero-order valence-electron chi connectivity index (χ0n) is 22.3. The van der Waals surface area contributed by atoms with Gasteiger partial charge in [-0.15, -0.1) is 0 Å². The first-order valence-electron chi connectivity index (χ1n) is 12.6. The van der Waals surface area contributed by atoms with E-state index in [9.17, 15) is 10.1 Å². The third kappa shape index (κ3) is 5.10. The molecule has 0 aliphatic carbocycles. The number of rotatable bonds is 8. The summed E-state index contributed by atoms with van der Waals surface area (Å²) in [6.45, 7) is 10.4. The first kappa shape index (κ1) is 25.4. The maximum atomic E-state index is 11.5. The number of aromatic nitrogens is 5. The van der Waals surface area contributed by atoms with Crippen molar-refractivity contribution in [1.29, 1.82) is 5.26 Å². The van der Waals surface area contributed by atoms with Gasteiger partial charge in [0.1, 0.15) is 28.9 Å². The lowest BCUT2D eigenvalue weighted by Gasteiger charge is -2.28. The number of benzene rings is 1. The minimum Gasteiger partial charge on any atom is -0.456 e. The van der Waals surface area contributed by atoms with Crippen molar-refractivity contribution in [3.63, 3.8) is 0 Å².